The van der Waals surface area contributed by atoms with Gasteiger partial charge in [0.15, 0.2) is 0 Å². The van der Waals surface area contributed by atoms with Gasteiger partial charge in [-0.2, -0.15) is 0 Å². The molecule has 2 atom stereocenters. The van der Waals surface area contributed by atoms with E-state index in [0.717, 1.165) is 38.2 Å². The lowest BCUT2D eigenvalue weighted by Crippen LogP contribution is -2.22. The molecule has 1 aliphatic heterocycles. The highest BCUT2D eigenvalue weighted by Gasteiger charge is 2.24. The SMILES string of the molecule is CC1OCCC1CNc1ncnc2c1CCCC2. The third-order valence-corrected chi connectivity index (χ3v) is 4.19. The lowest BCUT2D eigenvalue weighted by atomic mass is 9.96. The molecule has 2 aliphatic rings. The Hall–Kier alpha value is -1.16. The summed E-state index contributed by atoms with van der Waals surface area (Å²) in [6.45, 7) is 4.02. The molecule has 1 aromatic heterocycles. The Labute approximate surface area is 108 Å². The molecule has 1 saturated heterocycles. The zero-order valence-electron chi connectivity index (χ0n) is 11.0. The third kappa shape index (κ3) is 2.34. The number of aryl methyl sites for hydroxylation is 1. The highest BCUT2D eigenvalue weighted by Crippen LogP contribution is 2.26. The first-order valence-electron chi connectivity index (χ1n) is 7.03. The lowest BCUT2D eigenvalue weighted by molar-refractivity contribution is 0.108. The Morgan fingerprint density at radius 3 is 3.06 bits per heavy atom. The molecule has 1 aromatic rings. The van der Waals surface area contributed by atoms with E-state index in [2.05, 4.69) is 22.2 Å². The summed E-state index contributed by atoms with van der Waals surface area (Å²) in [7, 11) is 0. The minimum atomic E-state index is 0.371. The molecule has 0 radical (unpaired) electrons. The molecule has 2 heterocycles. The van der Waals surface area contributed by atoms with Gasteiger partial charge in [-0.1, -0.05) is 0 Å². The van der Waals surface area contributed by atoms with Crippen LogP contribution in [0.15, 0.2) is 6.33 Å². The van der Waals surface area contributed by atoms with Gasteiger partial charge in [-0.25, -0.2) is 9.97 Å². The molecule has 0 spiro atoms. The number of aromatic nitrogens is 2. The predicted molar refractivity (Wildman–Crippen MR) is 70.7 cm³/mol. The summed E-state index contributed by atoms with van der Waals surface area (Å²) in [6.07, 6.45) is 7.97. The minimum Gasteiger partial charge on any atom is -0.378 e. The van der Waals surface area contributed by atoms with E-state index in [1.165, 1.54) is 24.1 Å². The second kappa shape index (κ2) is 5.22. The fourth-order valence-electron chi connectivity index (χ4n) is 2.95. The molecule has 0 bridgehead atoms. The van der Waals surface area contributed by atoms with Gasteiger partial charge < -0.3 is 10.1 Å². The molecule has 1 fully saturated rings. The number of hydrogen-bond acceptors (Lipinski definition) is 4. The van der Waals surface area contributed by atoms with Crippen molar-refractivity contribution in [2.45, 2.75) is 45.1 Å². The smallest absolute Gasteiger partial charge is 0.132 e. The molecule has 1 aliphatic carbocycles. The summed E-state index contributed by atoms with van der Waals surface area (Å²) in [5.41, 5.74) is 2.59. The van der Waals surface area contributed by atoms with Crippen LogP contribution in [0.3, 0.4) is 0 Å². The van der Waals surface area contributed by atoms with Crippen LogP contribution in [-0.4, -0.2) is 29.2 Å². The van der Waals surface area contributed by atoms with Crippen LogP contribution in [-0.2, 0) is 17.6 Å². The standard InChI is InChI=1S/C14H21N3O/c1-10-11(6-7-18-10)8-15-14-12-4-2-3-5-13(12)16-9-17-14/h9-11H,2-8H2,1H3,(H,15,16,17). The van der Waals surface area contributed by atoms with Crippen molar-refractivity contribution >= 4 is 5.82 Å². The van der Waals surface area contributed by atoms with E-state index in [0.29, 0.717) is 12.0 Å². The normalized spacial score (nSPS) is 26.9. The van der Waals surface area contributed by atoms with Gasteiger partial charge in [0.1, 0.15) is 12.1 Å². The number of hydrogen-bond donors (Lipinski definition) is 1. The quantitative estimate of drug-likeness (QED) is 0.889. The Bertz CT molecular complexity index is 422. The zero-order valence-corrected chi connectivity index (χ0v) is 11.0. The Kier molecular flexibility index (Phi) is 3.46. The number of ether oxygens (including phenoxy) is 1. The Morgan fingerprint density at radius 1 is 1.33 bits per heavy atom. The number of anilines is 1. The summed E-state index contributed by atoms with van der Waals surface area (Å²) >= 11 is 0. The van der Waals surface area contributed by atoms with Gasteiger partial charge >= 0.3 is 0 Å². The number of fused-ring (bicyclic) bond motifs is 1. The molecule has 0 saturated carbocycles. The van der Waals surface area contributed by atoms with Crippen molar-refractivity contribution in [3.05, 3.63) is 17.6 Å². The first-order valence-corrected chi connectivity index (χ1v) is 7.03. The Morgan fingerprint density at radius 2 is 2.22 bits per heavy atom. The van der Waals surface area contributed by atoms with E-state index < -0.39 is 0 Å². The van der Waals surface area contributed by atoms with Gasteiger partial charge in [0.05, 0.1) is 6.10 Å². The third-order valence-electron chi connectivity index (χ3n) is 4.19. The largest absolute Gasteiger partial charge is 0.378 e. The second-order valence-electron chi connectivity index (χ2n) is 5.36. The van der Waals surface area contributed by atoms with Crippen molar-refractivity contribution < 1.29 is 4.74 Å². The van der Waals surface area contributed by atoms with Crippen LogP contribution in [0.1, 0.15) is 37.4 Å². The second-order valence-corrected chi connectivity index (χ2v) is 5.36. The van der Waals surface area contributed by atoms with Crippen LogP contribution in [0.2, 0.25) is 0 Å². The van der Waals surface area contributed by atoms with E-state index in [9.17, 15) is 0 Å². The molecule has 4 nitrogen and oxygen atoms in total. The molecule has 2 unspecified atom stereocenters. The van der Waals surface area contributed by atoms with Crippen LogP contribution >= 0.6 is 0 Å². The van der Waals surface area contributed by atoms with Gasteiger partial charge in [-0.05, 0) is 39.0 Å². The summed E-state index contributed by atoms with van der Waals surface area (Å²) < 4.78 is 5.59. The first kappa shape index (κ1) is 11.9. The van der Waals surface area contributed by atoms with Crippen molar-refractivity contribution in [1.29, 1.82) is 0 Å². The Balaban J connectivity index is 1.69. The van der Waals surface area contributed by atoms with E-state index in [-0.39, 0.29) is 0 Å². The minimum absolute atomic E-state index is 0.371. The van der Waals surface area contributed by atoms with Gasteiger partial charge in [0, 0.05) is 30.3 Å². The summed E-state index contributed by atoms with van der Waals surface area (Å²) in [6, 6.07) is 0. The van der Waals surface area contributed by atoms with Crippen LogP contribution in [0.25, 0.3) is 0 Å². The van der Waals surface area contributed by atoms with Gasteiger partial charge in [-0.15, -0.1) is 0 Å². The van der Waals surface area contributed by atoms with Crippen molar-refractivity contribution in [2.75, 3.05) is 18.5 Å². The summed E-state index contributed by atoms with van der Waals surface area (Å²) in [4.78, 5) is 8.81. The highest BCUT2D eigenvalue weighted by atomic mass is 16.5. The van der Waals surface area contributed by atoms with Crippen LogP contribution in [0.4, 0.5) is 5.82 Å². The number of nitrogens with zero attached hydrogens (tertiary/aromatic N) is 2. The number of nitrogens with one attached hydrogen (secondary N) is 1. The molecule has 3 rings (SSSR count). The van der Waals surface area contributed by atoms with Crippen molar-refractivity contribution in [3.8, 4) is 0 Å². The van der Waals surface area contributed by atoms with E-state index in [1.54, 1.807) is 6.33 Å². The van der Waals surface area contributed by atoms with Crippen molar-refractivity contribution in [3.63, 3.8) is 0 Å². The fourth-order valence-corrected chi connectivity index (χ4v) is 2.95. The monoisotopic (exact) mass is 247 g/mol. The first-order chi connectivity index (χ1) is 8.84. The van der Waals surface area contributed by atoms with E-state index in [4.69, 9.17) is 4.74 Å². The van der Waals surface area contributed by atoms with Crippen LogP contribution < -0.4 is 5.32 Å². The van der Waals surface area contributed by atoms with Gasteiger partial charge in [0.2, 0.25) is 0 Å². The van der Waals surface area contributed by atoms with Crippen molar-refractivity contribution in [2.24, 2.45) is 5.92 Å². The molecular weight excluding hydrogens is 226 g/mol. The van der Waals surface area contributed by atoms with Crippen LogP contribution in [0.5, 0.6) is 0 Å². The fraction of sp³-hybridized carbons (Fsp3) is 0.714. The lowest BCUT2D eigenvalue weighted by Gasteiger charge is -2.20. The summed E-state index contributed by atoms with van der Waals surface area (Å²) in [5.74, 6) is 1.66. The average molecular weight is 247 g/mol. The van der Waals surface area contributed by atoms with Crippen molar-refractivity contribution in [1.82, 2.24) is 9.97 Å². The molecule has 18 heavy (non-hydrogen) atoms. The number of rotatable bonds is 3. The molecule has 0 aromatic carbocycles. The summed E-state index contributed by atoms with van der Waals surface area (Å²) in [5, 5.41) is 3.51. The van der Waals surface area contributed by atoms with Gasteiger partial charge in [0.25, 0.3) is 0 Å². The average Bonchev–Trinajstić information content (AvgIpc) is 2.82. The van der Waals surface area contributed by atoms with E-state index in [1.807, 2.05) is 0 Å². The molecular formula is C14H21N3O. The van der Waals surface area contributed by atoms with E-state index >= 15 is 0 Å². The molecule has 98 valence electrons. The predicted octanol–water partition coefficient (Wildman–Crippen LogP) is 2.19. The maximum absolute atomic E-state index is 5.59. The highest BCUT2D eigenvalue weighted by molar-refractivity contribution is 5.47. The topological polar surface area (TPSA) is 47.0 Å². The maximum Gasteiger partial charge on any atom is 0.132 e. The molecule has 1 N–H and O–H groups in total. The molecule has 4 heteroatoms. The molecule has 0 amide bonds. The van der Waals surface area contributed by atoms with Crippen LogP contribution in [0, 0.1) is 5.92 Å². The maximum atomic E-state index is 5.59. The van der Waals surface area contributed by atoms with Gasteiger partial charge in [-0.3, -0.25) is 0 Å². The zero-order chi connectivity index (χ0) is 12.4.